The topological polar surface area (TPSA) is 80.0 Å². The van der Waals surface area contributed by atoms with Gasteiger partial charge in [0.2, 0.25) is 0 Å². The van der Waals surface area contributed by atoms with Crippen LogP contribution in [0.2, 0.25) is 0 Å². The summed E-state index contributed by atoms with van der Waals surface area (Å²) in [4.78, 5) is 8.95. The van der Waals surface area contributed by atoms with Crippen LogP contribution in [-0.4, -0.2) is 39.3 Å². The Labute approximate surface area is 165 Å². The lowest BCUT2D eigenvalue weighted by Gasteiger charge is -2.11. The number of aliphatic imine (C=N–C) groups is 1. The van der Waals surface area contributed by atoms with Crippen LogP contribution in [-0.2, 0) is 25.9 Å². The van der Waals surface area contributed by atoms with Gasteiger partial charge in [-0.15, -0.1) is 21.5 Å². The highest BCUT2D eigenvalue weighted by Gasteiger charge is 2.14. The third kappa shape index (κ3) is 5.51. The number of guanidine groups is 1. The Kier molecular flexibility index (Phi) is 7.20. The van der Waals surface area contributed by atoms with E-state index in [0.717, 1.165) is 60.7 Å². The number of nitrogens with one attached hydrogen (secondary N) is 2. The summed E-state index contributed by atoms with van der Waals surface area (Å²) < 4.78 is 2.33. The molecular weight excluding hydrogens is 358 g/mol. The standard InChI is InChI=1S/C19H31N7S/c1-14(2)15-13-27-18(23-15)12-22-19(20-3)21-10-7-9-17-25-24-16-8-5-4-6-11-26(16)17/h13-14H,4-12H2,1-3H3,(H2,20,21,22). The van der Waals surface area contributed by atoms with Crippen molar-refractivity contribution < 1.29 is 0 Å². The first kappa shape index (κ1) is 19.8. The molecule has 0 radical (unpaired) electrons. The third-order valence-electron chi connectivity index (χ3n) is 4.85. The molecule has 148 valence electrons. The SMILES string of the molecule is CN=C(NCCCc1nnc2n1CCCCC2)NCc1nc(C(C)C)cs1. The summed E-state index contributed by atoms with van der Waals surface area (Å²) in [6.45, 7) is 6.97. The van der Waals surface area contributed by atoms with Gasteiger partial charge in [0.1, 0.15) is 16.7 Å². The summed E-state index contributed by atoms with van der Waals surface area (Å²) in [6, 6.07) is 0. The van der Waals surface area contributed by atoms with Crippen molar-refractivity contribution in [1.29, 1.82) is 0 Å². The number of aryl methyl sites for hydroxylation is 2. The molecular formula is C19H31N7S. The van der Waals surface area contributed by atoms with Crippen molar-refractivity contribution in [2.75, 3.05) is 13.6 Å². The van der Waals surface area contributed by atoms with Gasteiger partial charge in [0.15, 0.2) is 5.96 Å². The molecule has 0 spiro atoms. The Morgan fingerprint density at radius 2 is 2.15 bits per heavy atom. The molecule has 0 bridgehead atoms. The fraction of sp³-hybridized carbons (Fsp3) is 0.684. The maximum atomic E-state index is 4.65. The summed E-state index contributed by atoms with van der Waals surface area (Å²) in [5.74, 6) is 3.58. The van der Waals surface area contributed by atoms with E-state index < -0.39 is 0 Å². The molecule has 0 aromatic carbocycles. The Morgan fingerprint density at radius 1 is 1.26 bits per heavy atom. The van der Waals surface area contributed by atoms with Crippen LogP contribution in [0.1, 0.15) is 67.8 Å². The molecule has 27 heavy (non-hydrogen) atoms. The zero-order valence-electron chi connectivity index (χ0n) is 16.7. The molecule has 8 heteroatoms. The summed E-state index contributed by atoms with van der Waals surface area (Å²) in [7, 11) is 1.80. The van der Waals surface area contributed by atoms with E-state index in [-0.39, 0.29) is 0 Å². The first-order chi connectivity index (χ1) is 13.2. The smallest absolute Gasteiger partial charge is 0.191 e. The van der Waals surface area contributed by atoms with Crippen LogP contribution < -0.4 is 10.6 Å². The number of fused-ring (bicyclic) bond motifs is 1. The molecule has 7 nitrogen and oxygen atoms in total. The molecule has 0 aliphatic carbocycles. The minimum atomic E-state index is 0.472. The van der Waals surface area contributed by atoms with E-state index in [4.69, 9.17) is 0 Å². The van der Waals surface area contributed by atoms with Gasteiger partial charge >= 0.3 is 0 Å². The highest BCUT2D eigenvalue weighted by molar-refractivity contribution is 7.09. The van der Waals surface area contributed by atoms with Gasteiger partial charge in [0.05, 0.1) is 12.2 Å². The largest absolute Gasteiger partial charge is 0.356 e. The number of rotatable bonds is 7. The molecule has 0 fully saturated rings. The number of thiazole rings is 1. The quantitative estimate of drug-likeness (QED) is 0.432. The van der Waals surface area contributed by atoms with Crippen LogP contribution in [0.15, 0.2) is 10.4 Å². The molecule has 1 aliphatic rings. The second-order valence-electron chi connectivity index (χ2n) is 7.27. The molecule has 2 aromatic heterocycles. The van der Waals surface area contributed by atoms with Crippen LogP contribution in [0.25, 0.3) is 0 Å². The normalized spacial score (nSPS) is 14.9. The predicted octanol–water partition coefficient (Wildman–Crippen LogP) is 2.88. The zero-order valence-corrected chi connectivity index (χ0v) is 17.5. The van der Waals surface area contributed by atoms with Crippen LogP contribution >= 0.6 is 11.3 Å². The van der Waals surface area contributed by atoms with Gasteiger partial charge in [0, 0.05) is 38.4 Å². The third-order valence-corrected chi connectivity index (χ3v) is 5.71. The van der Waals surface area contributed by atoms with E-state index in [2.05, 4.69) is 54.6 Å². The summed E-state index contributed by atoms with van der Waals surface area (Å²) in [6.07, 6.45) is 6.79. The monoisotopic (exact) mass is 389 g/mol. The maximum absolute atomic E-state index is 4.65. The van der Waals surface area contributed by atoms with Gasteiger partial charge in [-0.3, -0.25) is 4.99 Å². The number of nitrogens with zero attached hydrogens (tertiary/aromatic N) is 5. The molecule has 0 saturated carbocycles. The first-order valence-corrected chi connectivity index (χ1v) is 10.8. The van der Waals surface area contributed by atoms with Gasteiger partial charge < -0.3 is 15.2 Å². The molecule has 2 aromatic rings. The Bertz CT molecular complexity index is 747. The van der Waals surface area contributed by atoms with E-state index >= 15 is 0 Å². The average Bonchev–Trinajstić information content (AvgIpc) is 3.22. The minimum absolute atomic E-state index is 0.472. The first-order valence-electron chi connectivity index (χ1n) is 9.97. The van der Waals surface area contributed by atoms with Crippen LogP contribution in [0.3, 0.4) is 0 Å². The molecule has 0 atom stereocenters. The summed E-state index contributed by atoms with van der Waals surface area (Å²) >= 11 is 1.70. The van der Waals surface area contributed by atoms with E-state index in [0.29, 0.717) is 12.5 Å². The molecule has 1 aliphatic heterocycles. The van der Waals surface area contributed by atoms with Gasteiger partial charge in [0.25, 0.3) is 0 Å². The Balaban J connectivity index is 1.40. The van der Waals surface area contributed by atoms with E-state index in [1.54, 1.807) is 18.4 Å². The van der Waals surface area contributed by atoms with Gasteiger partial charge in [-0.25, -0.2) is 4.98 Å². The molecule has 3 heterocycles. The number of aromatic nitrogens is 4. The highest BCUT2D eigenvalue weighted by Crippen LogP contribution is 2.17. The summed E-state index contributed by atoms with van der Waals surface area (Å²) in [5.41, 5.74) is 1.16. The average molecular weight is 390 g/mol. The number of hydrogen-bond donors (Lipinski definition) is 2. The second kappa shape index (κ2) is 9.82. The Morgan fingerprint density at radius 3 is 2.93 bits per heavy atom. The van der Waals surface area contributed by atoms with Crippen LogP contribution in [0.4, 0.5) is 0 Å². The van der Waals surface area contributed by atoms with Crippen molar-refractivity contribution in [1.82, 2.24) is 30.4 Å². The fourth-order valence-electron chi connectivity index (χ4n) is 3.23. The van der Waals surface area contributed by atoms with Gasteiger partial charge in [-0.2, -0.15) is 0 Å². The second-order valence-corrected chi connectivity index (χ2v) is 8.21. The zero-order chi connectivity index (χ0) is 19.1. The lowest BCUT2D eigenvalue weighted by atomic mass is 10.2. The maximum Gasteiger partial charge on any atom is 0.191 e. The molecule has 2 N–H and O–H groups in total. The highest BCUT2D eigenvalue weighted by atomic mass is 32.1. The fourth-order valence-corrected chi connectivity index (χ4v) is 4.13. The van der Waals surface area contributed by atoms with E-state index in [9.17, 15) is 0 Å². The molecule has 0 amide bonds. The van der Waals surface area contributed by atoms with Crippen molar-refractivity contribution in [2.45, 2.75) is 71.4 Å². The van der Waals surface area contributed by atoms with Crippen molar-refractivity contribution in [3.05, 3.63) is 27.7 Å². The number of hydrogen-bond acceptors (Lipinski definition) is 5. The van der Waals surface area contributed by atoms with Crippen molar-refractivity contribution in [3.8, 4) is 0 Å². The van der Waals surface area contributed by atoms with Crippen LogP contribution in [0, 0.1) is 0 Å². The van der Waals surface area contributed by atoms with Crippen molar-refractivity contribution in [2.24, 2.45) is 4.99 Å². The van der Waals surface area contributed by atoms with E-state index in [1.165, 1.54) is 19.3 Å². The molecule has 3 rings (SSSR count). The van der Waals surface area contributed by atoms with Crippen molar-refractivity contribution in [3.63, 3.8) is 0 Å². The Hall–Kier alpha value is -1.96. The van der Waals surface area contributed by atoms with Crippen molar-refractivity contribution >= 4 is 17.3 Å². The van der Waals surface area contributed by atoms with Gasteiger partial charge in [-0.05, 0) is 25.2 Å². The van der Waals surface area contributed by atoms with Crippen LogP contribution in [0.5, 0.6) is 0 Å². The minimum Gasteiger partial charge on any atom is -0.356 e. The molecule has 0 saturated heterocycles. The van der Waals surface area contributed by atoms with Gasteiger partial charge in [-0.1, -0.05) is 20.3 Å². The lowest BCUT2D eigenvalue weighted by molar-refractivity contribution is 0.594. The van der Waals surface area contributed by atoms with E-state index in [1.807, 2.05) is 0 Å². The predicted molar refractivity (Wildman–Crippen MR) is 110 cm³/mol. The summed E-state index contributed by atoms with van der Waals surface area (Å²) in [5, 5.41) is 18.7. The molecule has 0 unspecified atom stereocenters. The lowest BCUT2D eigenvalue weighted by Crippen LogP contribution is -2.37.